The first-order valence-corrected chi connectivity index (χ1v) is 8.44. The van der Waals surface area contributed by atoms with E-state index in [2.05, 4.69) is 34.5 Å². The Labute approximate surface area is 138 Å². The molecule has 1 atom stereocenters. The molecule has 0 spiro atoms. The Morgan fingerprint density at radius 2 is 1.78 bits per heavy atom. The third kappa shape index (κ3) is 5.36. The maximum Gasteiger partial charge on any atom is 0.244 e. The molecule has 126 valence electrons. The van der Waals surface area contributed by atoms with Gasteiger partial charge in [-0.25, -0.2) is 0 Å². The fourth-order valence-electron chi connectivity index (χ4n) is 2.84. The molecule has 1 heterocycles. The molecule has 0 aliphatic carbocycles. The fourth-order valence-corrected chi connectivity index (χ4v) is 2.84. The van der Waals surface area contributed by atoms with E-state index >= 15 is 0 Å². The number of amides is 2. The van der Waals surface area contributed by atoms with Gasteiger partial charge in [0.25, 0.3) is 0 Å². The lowest BCUT2D eigenvalue weighted by molar-refractivity contribution is -0.137. The Hall–Kier alpha value is -1.88. The van der Waals surface area contributed by atoms with Crippen molar-refractivity contribution in [3.63, 3.8) is 0 Å². The number of carbonyl (C=O) groups is 2. The van der Waals surface area contributed by atoms with Crippen molar-refractivity contribution in [1.29, 1.82) is 0 Å². The van der Waals surface area contributed by atoms with Gasteiger partial charge in [0.1, 0.15) is 6.04 Å². The van der Waals surface area contributed by atoms with Crippen molar-refractivity contribution in [1.82, 2.24) is 15.1 Å². The van der Waals surface area contributed by atoms with Crippen LogP contribution in [0.5, 0.6) is 0 Å². The summed E-state index contributed by atoms with van der Waals surface area (Å²) < 4.78 is 0. The topological polar surface area (TPSA) is 52.7 Å². The molecule has 1 saturated heterocycles. The van der Waals surface area contributed by atoms with Crippen LogP contribution in [0.2, 0.25) is 0 Å². The predicted molar refractivity (Wildman–Crippen MR) is 90.8 cm³/mol. The number of piperazine rings is 1. The van der Waals surface area contributed by atoms with Gasteiger partial charge in [-0.3, -0.25) is 14.5 Å². The van der Waals surface area contributed by atoms with Crippen LogP contribution < -0.4 is 5.32 Å². The highest BCUT2D eigenvalue weighted by Crippen LogP contribution is 2.09. The van der Waals surface area contributed by atoms with Crippen LogP contribution in [0.15, 0.2) is 30.3 Å². The van der Waals surface area contributed by atoms with Crippen LogP contribution in [-0.4, -0.2) is 53.8 Å². The molecular weight excluding hydrogens is 290 g/mol. The number of carbonyl (C=O) groups excluding carboxylic acids is 2. The molecule has 1 aromatic rings. The summed E-state index contributed by atoms with van der Waals surface area (Å²) in [4.78, 5) is 28.2. The van der Waals surface area contributed by atoms with Crippen LogP contribution >= 0.6 is 0 Å². The zero-order chi connectivity index (χ0) is 16.7. The minimum atomic E-state index is -0.435. The zero-order valence-electron chi connectivity index (χ0n) is 14.1. The summed E-state index contributed by atoms with van der Waals surface area (Å²) in [5.41, 5.74) is 1.30. The van der Waals surface area contributed by atoms with Gasteiger partial charge in [0, 0.05) is 39.1 Å². The van der Waals surface area contributed by atoms with E-state index in [0.29, 0.717) is 6.42 Å². The van der Waals surface area contributed by atoms with Crippen LogP contribution in [0, 0.1) is 0 Å². The first-order chi connectivity index (χ1) is 11.1. The van der Waals surface area contributed by atoms with Gasteiger partial charge in [0.2, 0.25) is 11.8 Å². The molecule has 1 N–H and O–H groups in total. The van der Waals surface area contributed by atoms with Crippen molar-refractivity contribution < 1.29 is 9.59 Å². The van der Waals surface area contributed by atoms with Crippen molar-refractivity contribution >= 4 is 11.8 Å². The van der Waals surface area contributed by atoms with Crippen LogP contribution in [0.25, 0.3) is 0 Å². The van der Waals surface area contributed by atoms with Gasteiger partial charge in [-0.2, -0.15) is 0 Å². The standard InChI is InChI=1S/C18H27N3O2/c1-3-7-17(22)19-15(2)18(23)21-12-10-20(11-13-21)14-16-8-5-4-6-9-16/h4-6,8-9,15H,3,7,10-14H2,1-2H3,(H,19,22). The van der Waals surface area contributed by atoms with Crippen LogP contribution in [0.4, 0.5) is 0 Å². The number of nitrogens with zero attached hydrogens (tertiary/aromatic N) is 2. The zero-order valence-corrected chi connectivity index (χ0v) is 14.1. The summed E-state index contributed by atoms with van der Waals surface area (Å²) in [6, 6.07) is 9.95. The highest BCUT2D eigenvalue weighted by Gasteiger charge is 2.25. The summed E-state index contributed by atoms with van der Waals surface area (Å²) in [5, 5.41) is 2.79. The molecule has 0 saturated carbocycles. The highest BCUT2D eigenvalue weighted by molar-refractivity contribution is 5.87. The summed E-state index contributed by atoms with van der Waals surface area (Å²) in [6.45, 7) is 7.84. The predicted octanol–water partition coefficient (Wildman–Crippen LogP) is 1.64. The molecule has 2 rings (SSSR count). The van der Waals surface area contributed by atoms with Crippen LogP contribution in [0.3, 0.4) is 0 Å². The molecule has 0 radical (unpaired) electrons. The van der Waals surface area contributed by atoms with Crippen molar-refractivity contribution in [2.45, 2.75) is 39.3 Å². The molecule has 5 heteroatoms. The van der Waals surface area contributed by atoms with Crippen molar-refractivity contribution in [2.24, 2.45) is 0 Å². The van der Waals surface area contributed by atoms with Crippen molar-refractivity contribution in [3.8, 4) is 0 Å². The summed E-state index contributed by atoms with van der Waals surface area (Å²) in [7, 11) is 0. The van der Waals surface area contributed by atoms with Crippen LogP contribution in [-0.2, 0) is 16.1 Å². The summed E-state index contributed by atoms with van der Waals surface area (Å²) >= 11 is 0. The Morgan fingerprint density at radius 3 is 2.39 bits per heavy atom. The minimum Gasteiger partial charge on any atom is -0.345 e. The van der Waals surface area contributed by atoms with Crippen LogP contribution in [0.1, 0.15) is 32.3 Å². The number of hydrogen-bond acceptors (Lipinski definition) is 3. The van der Waals surface area contributed by atoms with E-state index in [1.54, 1.807) is 6.92 Å². The van der Waals surface area contributed by atoms with Crippen molar-refractivity contribution in [3.05, 3.63) is 35.9 Å². The van der Waals surface area contributed by atoms with Gasteiger partial charge in [0.15, 0.2) is 0 Å². The SMILES string of the molecule is CCCC(=O)NC(C)C(=O)N1CCN(Cc2ccccc2)CC1. The van der Waals surface area contributed by atoms with Gasteiger partial charge in [-0.15, -0.1) is 0 Å². The Balaban J connectivity index is 1.77. The monoisotopic (exact) mass is 317 g/mol. The largest absolute Gasteiger partial charge is 0.345 e. The van der Waals surface area contributed by atoms with Crippen molar-refractivity contribution in [2.75, 3.05) is 26.2 Å². The lowest BCUT2D eigenvalue weighted by Gasteiger charge is -2.36. The molecule has 23 heavy (non-hydrogen) atoms. The average molecular weight is 317 g/mol. The first-order valence-electron chi connectivity index (χ1n) is 8.44. The molecule has 1 aromatic carbocycles. The average Bonchev–Trinajstić information content (AvgIpc) is 2.56. The Bertz CT molecular complexity index is 510. The molecule has 2 amide bonds. The number of rotatable bonds is 6. The van der Waals surface area contributed by atoms with E-state index in [1.165, 1.54) is 5.56 Å². The Morgan fingerprint density at radius 1 is 1.13 bits per heavy atom. The normalized spacial score (nSPS) is 16.9. The molecule has 1 fully saturated rings. The maximum absolute atomic E-state index is 12.4. The molecule has 1 unspecified atom stereocenters. The molecule has 0 aromatic heterocycles. The molecule has 1 aliphatic rings. The third-order valence-electron chi connectivity index (χ3n) is 4.16. The summed E-state index contributed by atoms with van der Waals surface area (Å²) in [6.07, 6.45) is 1.27. The maximum atomic E-state index is 12.4. The van der Waals surface area contributed by atoms with E-state index in [-0.39, 0.29) is 11.8 Å². The Kier molecular flexibility index (Phi) is 6.59. The van der Waals surface area contributed by atoms with E-state index in [0.717, 1.165) is 39.1 Å². The van der Waals surface area contributed by atoms with E-state index in [4.69, 9.17) is 0 Å². The van der Waals surface area contributed by atoms with Gasteiger partial charge >= 0.3 is 0 Å². The van der Waals surface area contributed by atoms with Gasteiger partial charge in [-0.05, 0) is 18.9 Å². The number of hydrogen-bond donors (Lipinski definition) is 1. The number of benzene rings is 1. The van der Waals surface area contributed by atoms with E-state index in [9.17, 15) is 9.59 Å². The molecule has 1 aliphatic heterocycles. The lowest BCUT2D eigenvalue weighted by atomic mass is 10.2. The van der Waals surface area contributed by atoms with Gasteiger partial charge in [-0.1, -0.05) is 37.3 Å². The smallest absolute Gasteiger partial charge is 0.244 e. The van der Waals surface area contributed by atoms with E-state index < -0.39 is 6.04 Å². The summed E-state index contributed by atoms with van der Waals surface area (Å²) in [5.74, 6) is -0.0233. The van der Waals surface area contributed by atoms with Gasteiger partial charge < -0.3 is 10.2 Å². The van der Waals surface area contributed by atoms with Gasteiger partial charge in [0.05, 0.1) is 0 Å². The molecule has 0 bridgehead atoms. The lowest BCUT2D eigenvalue weighted by Crippen LogP contribution is -2.53. The molecular formula is C18H27N3O2. The first kappa shape index (κ1) is 17.5. The van der Waals surface area contributed by atoms with E-state index in [1.807, 2.05) is 17.9 Å². The second-order valence-electron chi connectivity index (χ2n) is 6.13. The fraction of sp³-hybridized carbons (Fsp3) is 0.556. The third-order valence-corrected chi connectivity index (χ3v) is 4.16. The quantitative estimate of drug-likeness (QED) is 0.868. The molecule has 5 nitrogen and oxygen atoms in total. The number of nitrogens with one attached hydrogen (secondary N) is 1. The second kappa shape index (κ2) is 8.67. The highest BCUT2D eigenvalue weighted by atomic mass is 16.2. The second-order valence-corrected chi connectivity index (χ2v) is 6.13. The minimum absolute atomic E-state index is 0.0221.